The molecule has 0 bridgehead atoms. The van der Waals surface area contributed by atoms with Gasteiger partial charge in [-0.1, -0.05) is 114 Å². The van der Waals surface area contributed by atoms with Gasteiger partial charge >= 0.3 is 0 Å². The lowest BCUT2D eigenvalue weighted by atomic mass is 9.61. The number of rotatable bonds is 9. The van der Waals surface area contributed by atoms with E-state index in [2.05, 4.69) is 171 Å². The molecule has 0 saturated carbocycles. The van der Waals surface area contributed by atoms with Gasteiger partial charge < -0.3 is 26.7 Å². The highest BCUT2D eigenvalue weighted by atomic mass is 15.1. The Balaban J connectivity index is 1.23. The Kier molecular flexibility index (Phi) is 11.6. The van der Waals surface area contributed by atoms with Crippen LogP contribution in [0.1, 0.15) is 104 Å². The maximum Gasteiger partial charge on any atom is 0.0701 e. The Hall–Kier alpha value is -8.09. The quantitative estimate of drug-likeness (QED) is 0.125. The van der Waals surface area contributed by atoms with Crippen molar-refractivity contribution >= 4 is 50.0 Å². The van der Waals surface area contributed by atoms with Crippen molar-refractivity contribution in [3.8, 4) is 33.5 Å². The highest BCUT2D eigenvalue weighted by molar-refractivity contribution is 6.15. The molecule has 6 nitrogen and oxygen atoms in total. The van der Waals surface area contributed by atoms with Gasteiger partial charge in [0.15, 0.2) is 0 Å². The maximum absolute atomic E-state index is 6.60. The Labute approximate surface area is 406 Å². The average Bonchev–Trinajstić information content (AvgIpc) is 3.70. The van der Waals surface area contributed by atoms with E-state index in [0.717, 1.165) is 72.8 Å². The van der Waals surface area contributed by atoms with Crippen LogP contribution in [0.4, 0.5) is 5.69 Å². The van der Waals surface area contributed by atoms with E-state index in [0.29, 0.717) is 5.70 Å². The Morgan fingerprint density at radius 3 is 2.10 bits per heavy atom. The number of hydrogen-bond donors (Lipinski definition) is 3. The molecular formula is C63H60N6. The van der Waals surface area contributed by atoms with Gasteiger partial charge in [-0.05, 0) is 183 Å². The number of allylic oxidation sites excluding steroid dienone is 11. The summed E-state index contributed by atoms with van der Waals surface area (Å²) in [6.07, 6.45) is 23.6. The molecule has 0 spiro atoms. The molecule has 342 valence electrons. The first-order valence-corrected chi connectivity index (χ1v) is 24.0. The van der Waals surface area contributed by atoms with E-state index in [4.69, 9.17) is 23.8 Å². The number of anilines is 1. The Morgan fingerprint density at radius 2 is 1.42 bits per heavy atom. The smallest absolute Gasteiger partial charge is 0.0701 e. The van der Waals surface area contributed by atoms with E-state index < -0.39 is 0 Å². The predicted molar refractivity (Wildman–Crippen MR) is 295 cm³/mol. The summed E-state index contributed by atoms with van der Waals surface area (Å²) in [7, 11) is 0. The molecular weight excluding hydrogens is 841 g/mol. The third-order valence-electron chi connectivity index (χ3n) is 15.1. The van der Waals surface area contributed by atoms with Gasteiger partial charge in [0.1, 0.15) is 0 Å². The van der Waals surface area contributed by atoms with Crippen molar-refractivity contribution in [2.24, 2.45) is 17.2 Å². The van der Waals surface area contributed by atoms with Crippen LogP contribution in [0.5, 0.6) is 0 Å². The average molecular weight is 901 g/mol. The standard InChI is InChI=1S/C63H60N6/c1-9-14-49(36-65)68-31-28-48(44-20-24-46(25-21-44)56-17-11-12-30-67-56)32-37(3)50-34-51-39(5)40(6)52-35-54-53-33-47(43-18-22-45(23-19-43)55(66)15-10-2)26-27-57(53)69(38(4)16-13-29-64)63(54)59-42(8)41(7)58(62(50)68)60(51)61(52)59/h9-36,39-42H,2-3,64-66H2,1,4-8H3/b14-9-,29-13-,31-28-,38-16+,48-32+,49-36+,55-15-. The van der Waals surface area contributed by atoms with Gasteiger partial charge in [-0.2, -0.15) is 0 Å². The lowest BCUT2D eigenvalue weighted by Gasteiger charge is -2.44. The summed E-state index contributed by atoms with van der Waals surface area (Å²) in [4.78, 5) is 6.89. The van der Waals surface area contributed by atoms with Crippen molar-refractivity contribution in [1.82, 2.24) is 9.55 Å². The highest BCUT2D eigenvalue weighted by Gasteiger charge is 2.43. The number of fused-ring (bicyclic) bond motifs is 6. The van der Waals surface area contributed by atoms with Crippen molar-refractivity contribution in [2.45, 2.75) is 65.2 Å². The summed E-state index contributed by atoms with van der Waals surface area (Å²) < 4.78 is 2.48. The summed E-state index contributed by atoms with van der Waals surface area (Å²) in [5.41, 5.74) is 42.9. The molecule has 3 aliphatic rings. The van der Waals surface area contributed by atoms with E-state index >= 15 is 0 Å². The van der Waals surface area contributed by atoms with Gasteiger partial charge in [0.25, 0.3) is 0 Å². The number of benzene rings is 5. The molecule has 6 N–H and O–H groups in total. The van der Waals surface area contributed by atoms with Crippen LogP contribution in [0.15, 0.2) is 189 Å². The lowest BCUT2D eigenvalue weighted by Crippen LogP contribution is -2.28. The van der Waals surface area contributed by atoms with Gasteiger partial charge in [0, 0.05) is 51.9 Å². The van der Waals surface area contributed by atoms with Gasteiger partial charge in [-0.3, -0.25) is 4.98 Å². The fraction of sp³-hybridized carbons (Fsp3) is 0.159. The largest absolute Gasteiger partial charge is 0.405 e. The third-order valence-corrected chi connectivity index (χ3v) is 15.1. The summed E-state index contributed by atoms with van der Waals surface area (Å²) in [5.74, 6) is 0.726. The molecule has 5 aromatic carbocycles. The van der Waals surface area contributed by atoms with Crippen molar-refractivity contribution in [3.63, 3.8) is 0 Å². The first-order chi connectivity index (χ1) is 33.5. The van der Waals surface area contributed by atoms with E-state index in [1.807, 2.05) is 43.5 Å². The van der Waals surface area contributed by atoms with Crippen molar-refractivity contribution in [2.75, 3.05) is 4.90 Å². The van der Waals surface area contributed by atoms with Crippen LogP contribution in [0.2, 0.25) is 0 Å². The number of aromatic nitrogens is 2. The van der Waals surface area contributed by atoms with Crippen LogP contribution < -0.4 is 22.1 Å². The van der Waals surface area contributed by atoms with Crippen molar-refractivity contribution < 1.29 is 0 Å². The van der Waals surface area contributed by atoms with E-state index in [9.17, 15) is 0 Å². The summed E-state index contributed by atoms with van der Waals surface area (Å²) in [6.45, 7) is 22.6. The van der Waals surface area contributed by atoms with Crippen molar-refractivity contribution in [1.29, 1.82) is 0 Å². The zero-order valence-corrected chi connectivity index (χ0v) is 40.5. The SMILES string of the molecule is C=C/C=C(\N)c1ccc(-c2ccc3c(c2)c2cc4c5c(c2n3/C(C)=C/C=C\N)C(C)C(C)c2c-5c(cc3c2N(C(/C=C\C)=C/N)/C=C\C(c2ccc(-c5ccccn5)cc2)=C/C3=C)C(C)C4C)cc1. The number of pyridine rings is 1. The number of hydrogen-bond acceptors (Lipinski definition) is 5. The van der Waals surface area contributed by atoms with Crippen LogP contribution in [0.3, 0.4) is 0 Å². The molecule has 4 unspecified atom stereocenters. The predicted octanol–water partition coefficient (Wildman–Crippen LogP) is 15.3. The molecule has 10 rings (SSSR count). The zero-order valence-electron chi connectivity index (χ0n) is 40.5. The van der Waals surface area contributed by atoms with Gasteiger partial charge in [-0.15, -0.1) is 0 Å². The normalized spacial score (nSPS) is 20.5. The fourth-order valence-electron chi connectivity index (χ4n) is 11.2. The molecule has 2 aliphatic carbocycles. The highest BCUT2D eigenvalue weighted by Crippen LogP contribution is 2.62. The molecule has 0 fully saturated rings. The van der Waals surface area contributed by atoms with E-state index in [-0.39, 0.29) is 23.7 Å². The van der Waals surface area contributed by atoms with E-state index in [1.165, 1.54) is 49.7 Å². The summed E-state index contributed by atoms with van der Waals surface area (Å²) in [5, 5.41) is 2.49. The second-order valence-corrected chi connectivity index (χ2v) is 18.8. The van der Waals surface area contributed by atoms with Crippen LogP contribution in [-0.4, -0.2) is 9.55 Å². The summed E-state index contributed by atoms with van der Waals surface area (Å²) >= 11 is 0. The second kappa shape index (κ2) is 17.9. The molecule has 2 aromatic heterocycles. The summed E-state index contributed by atoms with van der Waals surface area (Å²) in [6, 6.07) is 35.0. The topological polar surface area (TPSA) is 99.1 Å². The maximum atomic E-state index is 6.60. The minimum absolute atomic E-state index is 0.118. The van der Waals surface area contributed by atoms with Crippen LogP contribution in [-0.2, 0) is 0 Å². The van der Waals surface area contributed by atoms with Gasteiger partial charge in [-0.25, -0.2) is 0 Å². The molecule has 3 heterocycles. The zero-order chi connectivity index (χ0) is 48.2. The molecule has 7 aromatic rings. The lowest BCUT2D eigenvalue weighted by molar-refractivity contribution is 0.582. The molecule has 69 heavy (non-hydrogen) atoms. The molecule has 0 saturated heterocycles. The van der Waals surface area contributed by atoms with Crippen LogP contribution >= 0.6 is 0 Å². The monoisotopic (exact) mass is 900 g/mol. The van der Waals surface area contributed by atoms with Crippen LogP contribution in [0, 0.1) is 0 Å². The molecule has 6 heteroatoms. The first-order valence-electron chi connectivity index (χ1n) is 24.0. The Bertz CT molecular complexity index is 3460. The molecule has 1 aliphatic heterocycles. The molecule has 0 amide bonds. The molecule has 4 atom stereocenters. The van der Waals surface area contributed by atoms with Crippen LogP contribution in [0.25, 0.3) is 77.9 Å². The van der Waals surface area contributed by atoms with Gasteiger partial charge in [0.2, 0.25) is 0 Å². The third kappa shape index (κ3) is 7.30. The first kappa shape index (κ1) is 44.7. The fourth-order valence-corrected chi connectivity index (χ4v) is 11.2. The molecule has 0 radical (unpaired) electrons. The number of nitrogens with two attached hydrogens (primary N) is 3. The Morgan fingerprint density at radius 1 is 0.739 bits per heavy atom. The minimum Gasteiger partial charge on any atom is -0.405 e. The van der Waals surface area contributed by atoms with E-state index in [1.54, 1.807) is 18.5 Å². The van der Waals surface area contributed by atoms with Gasteiger partial charge in [0.05, 0.1) is 28.1 Å². The van der Waals surface area contributed by atoms with Crippen molar-refractivity contribution in [3.05, 3.63) is 228 Å². The second-order valence-electron chi connectivity index (χ2n) is 18.8. The number of nitrogens with zero attached hydrogens (tertiary/aromatic N) is 3. The minimum atomic E-state index is 0.118.